The van der Waals surface area contributed by atoms with Crippen LogP contribution in [0.2, 0.25) is 0 Å². The molecule has 7 atom stereocenters. The topological polar surface area (TPSA) is 171 Å². The fraction of sp³-hybridized carbons (Fsp3) is 0.733. The molecule has 1 aromatic heterocycles. The summed E-state index contributed by atoms with van der Waals surface area (Å²) in [6, 6.07) is 0. The van der Waals surface area contributed by atoms with Gasteiger partial charge in [-0.2, -0.15) is 0 Å². The van der Waals surface area contributed by atoms with Crippen LogP contribution in [0.15, 0.2) is 15.8 Å². The third kappa shape index (κ3) is 4.09. The summed E-state index contributed by atoms with van der Waals surface area (Å²) in [4.78, 5) is 35.5. The fourth-order valence-corrected chi connectivity index (χ4v) is 3.85. The summed E-state index contributed by atoms with van der Waals surface area (Å²) in [5, 5.41) is 30.3. The second-order valence-electron chi connectivity index (χ2n) is 6.86. The van der Waals surface area contributed by atoms with Crippen LogP contribution in [0.3, 0.4) is 0 Å². The average molecular weight is 408 g/mol. The van der Waals surface area contributed by atoms with Gasteiger partial charge in [-0.1, -0.05) is 6.92 Å². The summed E-state index contributed by atoms with van der Waals surface area (Å²) in [5.41, 5.74) is -2.82. The molecule has 154 valence electrons. The van der Waals surface area contributed by atoms with Crippen molar-refractivity contribution in [3.05, 3.63) is 32.6 Å². The number of nitrogens with zero attached hydrogens (tertiary/aromatic N) is 1. The molecule has 0 radical (unpaired) electrons. The smallest absolute Gasteiger partial charge is 0.356 e. The maximum Gasteiger partial charge on any atom is 0.356 e. The molecule has 1 aromatic rings. The van der Waals surface area contributed by atoms with Crippen LogP contribution < -0.4 is 11.2 Å². The Balaban J connectivity index is 2.40. The lowest BCUT2D eigenvalue weighted by atomic mass is 9.91. The minimum absolute atomic E-state index is 0.0883. The molecular weight excluding hydrogens is 383 g/mol. The second kappa shape index (κ2) is 7.59. The van der Waals surface area contributed by atoms with Crippen LogP contribution in [-0.4, -0.2) is 59.5 Å². The Morgan fingerprint density at radius 1 is 1.41 bits per heavy atom. The highest BCUT2D eigenvalue weighted by Gasteiger charge is 2.54. The number of rotatable bonds is 6. The van der Waals surface area contributed by atoms with E-state index in [1.54, 1.807) is 6.92 Å². The SMILES string of the molecule is CCC(C)(OP(=O)(O)C(C)O)[C@H]1O[C@@H](n2cc(C)c(=O)[nH]c2=O)[C@H](O)[C@@H]1O. The van der Waals surface area contributed by atoms with Gasteiger partial charge >= 0.3 is 13.3 Å². The Labute approximate surface area is 154 Å². The summed E-state index contributed by atoms with van der Waals surface area (Å²) in [5.74, 6) is -1.67. The second-order valence-corrected chi connectivity index (χ2v) is 8.92. The van der Waals surface area contributed by atoms with Crippen molar-refractivity contribution >= 4 is 7.60 Å². The minimum Gasteiger partial charge on any atom is -0.387 e. The molecule has 1 aliphatic heterocycles. The quantitative estimate of drug-likeness (QED) is 0.377. The number of aromatic amines is 1. The maximum atomic E-state index is 12.1. The monoisotopic (exact) mass is 408 g/mol. The number of ether oxygens (including phenoxy) is 1. The first-order chi connectivity index (χ1) is 12.3. The number of nitrogens with one attached hydrogen (secondary N) is 1. The first-order valence-electron chi connectivity index (χ1n) is 8.39. The molecule has 0 amide bonds. The van der Waals surface area contributed by atoms with Gasteiger partial charge in [-0.05, 0) is 27.2 Å². The zero-order chi connectivity index (χ0) is 20.7. The summed E-state index contributed by atoms with van der Waals surface area (Å²) in [7, 11) is -4.45. The van der Waals surface area contributed by atoms with Crippen LogP contribution in [0.1, 0.15) is 39.0 Å². The van der Waals surface area contributed by atoms with Gasteiger partial charge in [0, 0.05) is 11.8 Å². The number of H-pyrrole nitrogens is 1. The van der Waals surface area contributed by atoms with Crippen LogP contribution in [0.25, 0.3) is 0 Å². The Hall–Kier alpha value is -1.33. The van der Waals surface area contributed by atoms with Gasteiger partial charge in [0.25, 0.3) is 5.56 Å². The highest BCUT2D eigenvalue weighted by atomic mass is 31.2. The van der Waals surface area contributed by atoms with Crippen LogP contribution in [0, 0.1) is 6.92 Å². The standard InChI is InChI=1S/C15H25N2O9P/c1-5-15(4,26-27(23,24)8(3)18)11-9(19)10(20)13(25-11)17-6-7(2)12(21)16-14(17)22/h6,8-11,13,18-20H,5H2,1-4H3,(H,23,24)(H,16,21,22)/t8?,9-,10+,11-,13+,15?/m0/s1. The molecule has 0 aliphatic carbocycles. The van der Waals surface area contributed by atoms with Crippen LogP contribution >= 0.6 is 7.60 Å². The van der Waals surface area contributed by atoms with Crippen LogP contribution in [0.4, 0.5) is 0 Å². The number of aryl methyl sites for hydroxylation is 1. The maximum absolute atomic E-state index is 12.1. The van der Waals surface area contributed by atoms with Gasteiger partial charge in [-0.3, -0.25) is 23.4 Å². The number of aliphatic hydroxyl groups is 3. The number of hydrogen-bond donors (Lipinski definition) is 5. The highest BCUT2D eigenvalue weighted by molar-refractivity contribution is 7.53. The van der Waals surface area contributed by atoms with Crippen molar-refractivity contribution < 1.29 is 34.0 Å². The van der Waals surface area contributed by atoms with Crippen molar-refractivity contribution in [1.82, 2.24) is 9.55 Å². The van der Waals surface area contributed by atoms with Crippen LogP contribution in [0.5, 0.6) is 0 Å². The molecule has 2 rings (SSSR count). The zero-order valence-electron chi connectivity index (χ0n) is 15.4. The van der Waals surface area contributed by atoms with Crippen molar-refractivity contribution in [2.75, 3.05) is 0 Å². The average Bonchev–Trinajstić information content (AvgIpc) is 2.86. The summed E-state index contributed by atoms with van der Waals surface area (Å²) in [6.07, 6.45) is -4.51. The molecule has 1 aliphatic rings. The van der Waals surface area contributed by atoms with Crippen molar-refractivity contribution in [1.29, 1.82) is 0 Å². The van der Waals surface area contributed by atoms with E-state index in [1.807, 2.05) is 0 Å². The summed E-state index contributed by atoms with van der Waals surface area (Å²) >= 11 is 0. The molecule has 0 saturated carbocycles. The van der Waals surface area contributed by atoms with E-state index in [1.165, 1.54) is 20.0 Å². The van der Waals surface area contributed by atoms with Crippen molar-refractivity contribution in [2.24, 2.45) is 0 Å². The Morgan fingerprint density at radius 2 is 2.00 bits per heavy atom. The Morgan fingerprint density at radius 3 is 2.52 bits per heavy atom. The molecule has 27 heavy (non-hydrogen) atoms. The van der Waals surface area contributed by atoms with E-state index >= 15 is 0 Å². The van der Waals surface area contributed by atoms with E-state index in [0.29, 0.717) is 0 Å². The lowest BCUT2D eigenvalue weighted by Gasteiger charge is -2.37. The molecule has 1 saturated heterocycles. The molecule has 3 unspecified atom stereocenters. The van der Waals surface area contributed by atoms with Gasteiger partial charge in [-0.25, -0.2) is 4.79 Å². The van der Waals surface area contributed by atoms with Crippen molar-refractivity contribution in [3.8, 4) is 0 Å². The minimum atomic E-state index is -4.45. The predicted octanol–water partition coefficient (Wildman–Crippen LogP) is -0.827. The van der Waals surface area contributed by atoms with Crippen LogP contribution in [-0.2, 0) is 13.8 Å². The molecule has 0 aromatic carbocycles. The molecule has 0 bridgehead atoms. The van der Waals surface area contributed by atoms with E-state index < -0.39 is 54.8 Å². The molecule has 1 fully saturated rings. The first kappa shape index (κ1) is 22.0. The summed E-state index contributed by atoms with van der Waals surface area (Å²) < 4.78 is 23.9. The fourth-order valence-electron chi connectivity index (χ4n) is 2.86. The lowest BCUT2D eigenvalue weighted by Crippen LogP contribution is -2.48. The lowest BCUT2D eigenvalue weighted by molar-refractivity contribution is -0.126. The molecule has 12 heteroatoms. The van der Waals surface area contributed by atoms with E-state index in [4.69, 9.17) is 9.26 Å². The largest absolute Gasteiger partial charge is 0.387 e. The van der Waals surface area contributed by atoms with Gasteiger partial charge in [-0.15, -0.1) is 0 Å². The third-order valence-corrected chi connectivity index (χ3v) is 6.40. The number of aliphatic hydroxyl groups excluding tert-OH is 3. The normalized spacial score (nSPS) is 31.3. The van der Waals surface area contributed by atoms with E-state index in [2.05, 4.69) is 4.98 Å². The summed E-state index contributed by atoms with van der Waals surface area (Å²) in [6.45, 7) is 5.54. The van der Waals surface area contributed by atoms with Gasteiger partial charge < -0.3 is 24.9 Å². The Bertz CT molecular complexity index is 850. The molecule has 2 heterocycles. The first-order valence-corrected chi connectivity index (χ1v) is 10.0. The zero-order valence-corrected chi connectivity index (χ0v) is 16.3. The molecule has 5 N–H and O–H groups in total. The Kier molecular flexibility index (Phi) is 6.18. The van der Waals surface area contributed by atoms with E-state index in [0.717, 1.165) is 11.5 Å². The van der Waals surface area contributed by atoms with Gasteiger partial charge in [0.2, 0.25) is 0 Å². The predicted molar refractivity (Wildman–Crippen MR) is 93.3 cm³/mol. The van der Waals surface area contributed by atoms with Gasteiger partial charge in [0.15, 0.2) is 12.1 Å². The highest BCUT2D eigenvalue weighted by Crippen LogP contribution is 2.53. The van der Waals surface area contributed by atoms with Gasteiger partial charge in [0.1, 0.15) is 23.9 Å². The molecule has 11 nitrogen and oxygen atoms in total. The number of aromatic nitrogens is 2. The van der Waals surface area contributed by atoms with Crippen molar-refractivity contribution in [3.63, 3.8) is 0 Å². The van der Waals surface area contributed by atoms with E-state index in [9.17, 15) is 34.4 Å². The van der Waals surface area contributed by atoms with Gasteiger partial charge in [0.05, 0.1) is 0 Å². The molecular formula is C15H25N2O9P. The third-order valence-electron chi connectivity index (χ3n) is 4.77. The molecule has 0 spiro atoms. The number of hydrogen-bond acceptors (Lipinski definition) is 8. The van der Waals surface area contributed by atoms with Crippen molar-refractivity contribution in [2.45, 2.75) is 70.1 Å². The van der Waals surface area contributed by atoms with E-state index in [-0.39, 0.29) is 12.0 Å².